The quantitative estimate of drug-likeness (QED) is 0.335. The SMILES string of the molecule is CCCC(CC)CCC(CC(C)C)OS(=O)(=O)[O-].[Na+]. The van der Waals surface area contributed by atoms with Crippen LogP contribution in [0.25, 0.3) is 0 Å². The Morgan fingerprint density at radius 2 is 1.68 bits per heavy atom. The fourth-order valence-corrected chi connectivity index (χ4v) is 2.79. The second-order valence-electron chi connectivity index (χ2n) is 5.40. The summed E-state index contributed by atoms with van der Waals surface area (Å²) < 4.78 is 36.7. The maximum Gasteiger partial charge on any atom is 1.00 e. The maximum atomic E-state index is 10.7. The number of hydrogen-bond donors (Lipinski definition) is 0. The Hall–Kier alpha value is 0.870. The van der Waals surface area contributed by atoms with E-state index in [1.54, 1.807) is 0 Å². The molecular weight excluding hydrogens is 275 g/mol. The van der Waals surface area contributed by atoms with E-state index in [4.69, 9.17) is 0 Å². The van der Waals surface area contributed by atoms with E-state index in [0.717, 1.165) is 25.7 Å². The Labute approximate surface area is 140 Å². The van der Waals surface area contributed by atoms with Gasteiger partial charge in [0.15, 0.2) is 0 Å². The third-order valence-corrected chi connectivity index (χ3v) is 3.67. The predicted molar refractivity (Wildman–Crippen MR) is 71.9 cm³/mol. The molecule has 0 saturated carbocycles. The first-order valence-electron chi connectivity index (χ1n) is 6.92. The molecule has 0 saturated heterocycles. The molecule has 2 atom stereocenters. The van der Waals surface area contributed by atoms with Crippen LogP contribution in [0.3, 0.4) is 0 Å². The summed E-state index contributed by atoms with van der Waals surface area (Å²) in [6, 6.07) is 0. The van der Waals surface area contributed by atoms with Crippen LogP contribution in [0.15, 0.2) is 0 Å². The molecule has 6 heteroatoms. The topological polar surface area (TPSA) is 66.4 Å². The van der Waals surface area contributed by atoms with Crippen molar-refractivity contribution < 1.29 is 46.7 Å². The van der Waals surface area contributed by atoms with Crippen molar-refractivity contribution in [2.45, 2.75) is 72.3 Å². The molecule has 0 rings (SSSR count). The summed E-state index contributed by atoms with van der Waals surface area (Å²) in [5.74, 6) is 0.922. The van der Waals surface area contributed by atoms with Crippen LogP contribution in [0.2, 0.25) is 0 Å². The molecule has 0 heterocycles. The Kier molecular flexibility index (Phi) is 13.4. The van der Waals surface area contributed by atoms with Gasteiger partial charge in [-0.3, -0.25) is 4.18 Å². The molecule has 0 aliphatic heterocycles. The van der Waals surface area contributed by atoms with Gasteiger partial charge in [0.05, 0.1) is 6.10 Å². The van der Waals surface area contributed by atoms with Crippen LogP contribution in [0.5, 0.6) is 0 Å². The van der Waals surface area contributed by atoms with Gasteiger partial charge in [-0.1, -0.05) is 47.0 Å². The first-order chi connectivity index (χ1) is 8.28. The summed E-state index contributed by atoms with van der Waals surface area (Å²) in [5, 5.41) is 0. The minimum absolute atomic E-state index is 0. The summed E-state index contributed by atoms with van der Waals surface area (Å²) in [6.45, 7) is 8.28. The van der Waals surface area contributed by atoms with Crippen molar-refractivity contribution in [1.29, 1.82) is 0 Å². The van der Waals surface area contributed by atoms with Crippen molar-refractivity contribution in [1.82, 2.24) is 0 Å². The van der Waals surface area contributed by atoms with Crippen molar-refractivity contribution in [3.8, 4) is 0 Å². The van der Waals surface area contributed by atoms with Gasteiger partial charge in [0.2, 0.25) is 10.4 Å². The third kappa shape index (κ3) is 13.6. The van der Waals surface area contributed by atoms with Gasteiger partial charge in [-0.15, -0.1) is 0 Å². The predicted octanol–water partition coefficient (Wildman–Crippen LogP) is 0.488. The molecule has 0 amide bonds. The van der Waals surface area contributed by atoms with Gasteiger partial charge in [0, 0.05) is 0 Å². The molecular formula is C13H27NaO4S. The Morgan fingerprint density at radius 1 is 1.11 bits per heavy atom. The molecule has 0 aliphatic rings. The second-order valence-corrected chi connectivity index (χ2v) is 6.41. The van der Waals surface area contributed by atoms with E-state index in [-0.39, 0.29) is 29.6 Å². The largest absolute Gasteiger partial charge is 1.00 e. The van der Waals surface area contributed by atoms with Crippen molar-refractivity contribution in [2.75, 3.05) is 0 Å². The van der Waals surface area contributed by atoms with Crippen LogP contribution < -0.4 is 29.6 Å². The van der Waals surface area contributed by atoms with E-state index in [1.807, 2.05) is 13.8 Å². The average Bonchev–Trinajstić information content (AvgIpc) is 2.20. The van der Waals surface area contributed by atoms with Crippen molar-refractivity contribution in [2.24, 2.45) is 11.8 Å². The van der Waals surface area contributed by atoms with E-state index < -0.39 is 16.5 Å². The molecule has 19 heavy (non-hydrogen) atoms. The van der Waals surface area contributed by atoms with Crippen molar-refractivity contribution in [3.63, 3.8) is 0 Å². The van der Waals surface area contributed by atoms with Crippen LogP contribution in [0.1, 0.15) is 66.2 Å². The van der Waals surface area contributed by atoms with E-state index in [2.05, 4.69) is 18.0 Å². The van der Waals surface area contributed by atoms with Crippen LogP contribution in [0.4, 0.5) is 0 Å². The van der Waals surface area contributed by atoms with Gasteiger partial charge in [-0.05, 0) is 31.1 Å². The Morgan fingerprint density at radius 3 is 2.05 bits per heavy atom. The summed E-state index contributed by atoms with van der Waals surface area (Å²) in [4.78, 5) is 0. The maximum absolute atomic E-state index is 10.7. The summed E-state index contributed by atoms with van der Waals surface area (Å²) in [5.41, 5.74) is 0. The van der Waals surface area contributed by atoms with Crippen molar-refractivity contribution >= 4 is 10.4 Å². The molecule has 2 unspecified atom stereocenters. The minimum atomic E-state index is -4.59. The zero-order chi connectivity index (χ0) is 14.2. The van der Waals surface area contributed by atoms with Gasteiger partial charge in [0.1, 0.15) is 0 Å². The average molecular weight is 302 g/mol. The van der Waals surface area contributed by atoms with Crippen LogP contribution in [-0.4, -0.2) is 19.1 Å². The molecule has 0 fully saturated rings. The molecule has 0 bridgehead atoms. The first kappa shape index (κ1) is 22.2. The first-order valence-corrected chi connectivity index (χ1v) is 8.25. The van der Waals surface area contributed by atoms with Crippen LogP contribution in [-0.2, 0) is 14.6 Å². The molecule has 0 spiro atoms. The fourth-order valence-electron chi connectivity index (χ4n) is 2.28. The van der Waals surface area contributed by atoms with Gasteiger partial charge < -0.3 is 4.55 Å². The van der Waals surface area contributed by atoms with E-state index >= 15 is 0 Å². The molecule has 0 aromatic rings. The monoisotopic (exact) mass is 302 g/mol. The van der Waals surface area contributed by atoms with E-state index in [1.165, 1.54) is 0 Å². The number of rotatable bonds is 10. The zero-order valence-electron chi connectivity index (χ0n) is 13.0. The summed E-state index contributed by atoms with van der Waals surface area (Å²) >= 11 is 0. The molecule has 0 aromatic heterocycles. The molecule has 0 aliphatic carbocycles. The standard InChI is InChI=1S/C13H28O4S.Na/c1-5-7-12(6-2)8-9-13(10-11(3)4)17-18(14,15)16;/h11-13H,5-10H2,1-4H3,(H,14,15,16);/q;+1/p-1. The van der Waals surface area contributed by atoms with E-state index in [9.17, 15) is 13.0 Å². The van der Waals surface area contributed by atoms with Gasteiger partial charge in [-0.25, -0.2) is 8.42 Å². The third-order valence-electron chi connectivity index (χ3n) is 3.16. The van der Waals surface area contributed by atoms with E-state index in [0.29, 0.717) is 24.7 Å². The Balaban J connectivity index is 0. The zero-order valence-corrected chi connectivity index (χ0v) is 15.8. The second kappa shape index (κ2) is 11.5. The molecule has 110 valence electrons. The number of hydrogen-bond acceptors (Lipinski definition) is 4. The molecule has 0 aromatic carbocycles. The smallest absolute Gasteiger partial charge is 0.726 e. The van der Waals surface area contributed by atoms with Gasteiger partial charge in [0.25, 0.3) is 0 Å². The summed E-state index contributed by atoms with van der Waals surface area (Å²) in [7, 11) is -4.59. The van der Waals surface area contributed by atoms with Crippen LogP contribution >= 0.6 is 0 Å². The minimum Gasteiger partial charge on any atom is -0.726 e. The fraction of sp³-hybridized carbons (Fsp3) is 1.00. The molecule has 0 N–H and O–H groups in total. The normalized spacial score (nSPS) is 15.1. The molecule has 4 nitrogen and oxygen atoms in total. The summed E-state index contributed by atoms with van der Waals surface area (Å²) in [6.07, 6.45) is 5.10. The van der Waals surface area contributed by atoms with Gasteiger partial charge >= 0.3 is 29.6 Å². The molecule has 0 radical (unpaired) electrons. The van der Waals surface area contributed by atoms with Crippen molar-refractivity contribution in [3.05, 3.63) is 0 Å². The van der Waals surface area contributed by atoms with Gasteiger partial charge in [-0.2, -0.15) is 0 Å². The Bertz CT molecular complexity index is 304. The van der Waals surface area contributed by atoms with Crippen LogP contribution in [0, 0.1) is 11.8 Å².